The van der Waals surface area contributed by atoms with Gasteiger partial charge in [0, 0.05) is 19.3 Å². The van der Waals surface area contributed by atoms with E-state index in [-0.39, 0.29) is 18.4 Å². The Labute approximate surface area is 129 Å². The normalized spacial score (nSPS) is 22.3. The Hall–Kier alpha value is -1.76. The van der Waals surface area contributed by atoms with E-state index in [0.717, 1.165) is 0 Å². The summed E-state index contributed by atoms with van der Waals surface area (Å²) in [4.78, 5) is 25.9. The number of rotatable bonds is 7. The van der Waals surface area contributed by atoms with Crippen LogP contribution >= 0.6 is 0 Å². The molecule has 1 fully saturated rings. The van der Waals surface area contributed by atoms with Gasteiger partial charge in [0.2, 0.25) is 0 Å². The third-order valence-electron chi connectivity index (χ3n) is 3.48. The molecule has 0 spiro atoms. The third kappa shape index (κ3) is 3.35. The van der Waals surface area contributed by atoms with E-state index >= 15 is 0 Å². The summed E-state index contributed by atoms with van der Waals surface area (Å²) in [6.45, 7) is 4.29. The summed E-state index contributed by atoms with van der Waals surface area (Å²) in [7, 11) is 1.52. The molecule has 6 nitrogen and oxygen atoms in total. The zero-order chi connectivity index (χ0) is 16.1. The zero-order valence-electron chi connectivity index (χ0n) is 13.0. The highest BCUT2D eigenvalue weighted by atomic mass is 16.7. The van der Waals surface area contributed by atoms with E-state index < -0.39 is 18.4 Å². The molecule has 6 heteroatoms. The third-order valence-corrected chi connectivity index (χ3v) is 3.48. The molecule has 1 aliphatic heterocycles. The van der Waals surface area contributed by atoms with Crippen LogP contribution in [0.25, 0.3) is 0 Å². The first-order valence-electron chi connectivity index (χ1n) is 7.28. The van der Waals surface area contributed by atoms with Crippen molar-refractivity contribution in [3.63, 3.8) is 0 Å². The first-order chi connectivity index (χ1) is 10.6. The minimum Gasteiger partial charge on any atom is -0.382 e. The van der Waals surface area contributed by atoms with Gasteiger partial charge in [-0.3, -0.25) is 14.5 Å². The average Bonchev–Trinajstić information content (AvgIpc) is 2.53. The lowest BCUT2D eigenvalue weighted by molar-refractivity contribution is -0.211. The van der Waals surface area contributed by atoms with Crippen molar-refractivity contribution in [2.45, 2.75) is 32.3 Å². The number of hydrogen-bond donors (Lipinski definition) is 0. The molecule has 0 aromatic heterocycles. The molecule has 1 heterocycles. The number of benzene rings is 1. The second-order valence-corrected chi connectivity index (χ2v) is 4.98. The number of nitrogens with zero attached hydrogens (tertiary/aromatic N) is 1. The van der Waals surface area contributed by atoms with E-state index in [1.807, 2.05) is 13.0 Å². The fraction of sp³-hybridized carbons (Fsp3) is 0.500. The number of hydrogen-bond acceptors (Lipinski definition) is 5. The van der Waals surface area contributed by atoms with Crippen molar-refractivity contribution in [2.24, 2.45) is 0 Å². The standard InChI is InChI=1S/C16H21NO5/c1-4-21-11(2)22-14-13(10-20-3)17(16(14)19)15(18)12-8-6-5-7-9-12/h5-9,11,13-14H,4,10H2,1-3H3/t11?,13-,14+/m0/s1. The molecule has 1 unspecified atom stereocenters. The number of β-lactam (4-membered cyclic amide) rings is 1. The summed E-state index contributed by atoms with van der Waals surface area (Å²) < 4.78 is 16.0. The highest BCUT2D eigenvalue weighted by molar-refractivity contribution is 6.10. The van der Waals surface area contributed by atoms with E-state index in [1.54, 1.807) is 31.2 Å². The lowest BCUT2D eigenvalue weighted by atomic mass is 9.96. The van der Waals surface area contributed by atoms with Gasteiger partial charge in [-0.1, -0.05) is 18.2 Å². The lowest BCUT2D eigenvalue weighted by Gasteiger charge is -2.45. The SMILES string of the molecule is CCOC(C)O[C@H]1C(=O)N(C(=O)c2ccccc2)[C@H]1COC. The van der Waals surface area contributed by atoms with Gasteiger partial charge in [-0.25, -0.2) is 0 Å². The summed E-state index contributed by atoms with van der Waals surface area (Å²) in [6.07, 6.45) is -1.22. The average molecular weight is 307 g/mol. The molecule has 0 radical (unpaired) electrons. The van der Waals surface area contributed by atoms with Gasteiger partial charge >= 0.3 is 0 Å². The second-order valence-electron chi connectivity index (χ2n) is 4.98. The van der Waals surface area contributed by atoms with Crippen LogP contribution in [0.15, 0.2) is 30.3 Å². The monoisotopic (exact) mass is 307 g/mol. The van der Waals surface area contributed by atoms with Crippen molar-refractivity contribution in [3.8, 4) is 0 Å². The van der Waals surface area contributed by atoms with Crippen LogP contribution in [0.5, 0.6) is 0 Å². The first-order valence-corrected chi connectivity index (χ1v) is 7.28. The van der Waals surface area contributed by atoms with Gasteiger partial charge < -0.3 is 14.2 Å². The summed E-state index contributed by atoms with van der Waals surface area (Å²) in [6, 6.07) is 8.25. The highest BCUT2D eigenvalue weighted by Gasteiger charge is 2.52. The van der Waals surface area contributed by atoms with Crippen molar-refractivity contribution in [3.05, 3.63) is 35.9 Å². The first kappa shape index (κ1) is 16.6. The molecule has 2 amide bonds. The molecular weight excluding hydrogens is 286 g/mol. The fourth-order valence-corrected chi connectivity index (χ4v) is 2.45. The van der Waals surface area contributed by atoms with Crippen molar-refractivity contribution in [1.82, 2.24) is 4.90 Å². The molecule has 0 aliphatic carbocycles. The number of ether oxygens (including phenoxy) is 3. The van der Waals surface area contributed by atoms with Crippen LogP contribution in [-0.2, 0) is 19.0 Å². The topological polar surface area (TPSA) is 65.1 Å². The minimum atomic E-state index is -0.714. The maximum absolute atomic E-state index is 12.4. The Morgan fingerprint density at radius 2 is 2.00 bits per heavy atom. The van der Waals surface area contributed by atoms with Crippen molar-refractivity contribution >= 4 is 11.8 Å². The Bertz CT molecular complexity index is 519. The molecule has 0 bridgehead atoms. The van der Waals surface area contributed by atoms with E-state index in [2.05, 4.69) is 0 Å². The number of carbonyl (C=O) groups excluding carboxylic acids is 2. The summed E-state index contributed by atoms with van der Waals surface area (Å²) in [5.41, 5.74) is 0.466. The number of amides is 2. The van der Waals surface area contributed by atoms with Crippen LogP contribution in [0.2, 0.25) is 0 Å². The number of imide groups is 1. The maximum atomic E-state index is 12.4. The Kier molecular flexibility index (Phi) is 5.65. The van der Waals surface area contributed by atoms with Crippen LogP contribution in [-0.4, -0.2) is 55.5 Å². The molecule has 3 atom stereocenters. The summed E-state index contributed by atoms with van der Waals surface area (Å²) in [5, 5.41) is 0. The molecule has 1 aromatic rings. The quantitative estimate of drug-likeness (QED) is 0.433. The van der Waals surface area contributed by atoms with E-state index in [4.69, 9.17) is 14.2 Å². The van der Waals surface area contributed by atoms with Crippen LogP contribution in [0.1, 0.15) is 24.2 Å². The predicted octanol–water partition coefficient (Wildman–Crippen LogP) is 1.45. The summed E-state index contributed by atoms with van der Waals surface area (Å²) >= 11 is 0. The second kappa shape index (κ2) is 7.49. The van der Waals surface area contributed by atoms with Crippen molar-refractivity contribution in [2.75, 3.05) is 20.3 Å². The van der Waals surface area contributed by atoms with Gasteiger partial charge in [0.05, 0.1) is 12.6 Å². The van der Waals surface area contributed by atoms with Crippen LogP contribution < -0.4 is 0 Å². The van der Waals surface area contributed by atoms with E-state index in [0.29, 0.717) is 12.2 Å². The number of carbonyl (C=O) groups is 2. The minimum absolute atomic E-state index is 0.230. The predicted molar refractivity (Wildman–Crippen MR) is 79.2 cm³/mol. The Balaban J connectivity index is 2.09. The molecule has 1 aliphatic rings. The van der Waals surface area contributed by atoms with Crippen molar-refractivity contribution in [1.29, 1.82) is 0 Å². The Morgan fingerprint density at radius 3 is 2.59 bits per heavy atom. The largest absolute Gasteiger partial charge is 0.382 e. The van der Waals surface area contributed by atoms with E-state index in [9.17, 15) is 9.59 Å². The van der Waals surface area contributed by atoms with Gasteiger partial charge in [-0.05, 0) is 26.0 Å². The molecule has 1 saturated heterocycles. The molecule has 2 rings (SSSR count). The zero-order valence-corrected chi connectivity index (χ0v) is 13.0. The molecule has 1 aromatic carbocycles. The van der Waals surface area contributed by atoms with Gasteiger partial charge in [0.1, 0.15) is 0 Å². The lowest BCUT2D eigenvalue weighted by Crippen LogP contribution is -2.69. The molecule has 120 valence electrons. The number of likely N-dealkylation sites (tertiary alicyclic amines) is 1. The van der Waals surface area contributed by atoms with Crippen LogP contribution in [0.3, 0.4) is 0 Å². The van der Waals surface area contributed by atoms with Gasteiger partial charge in [0.25, 0.3) is 11.8 Å². The summed E-state index contributed by atoms with van der Waals surface area (Å²) in [5.74, 6) is -0.695. The fourth-order valence-electron chi connectivity index (χ4n) is 2.45. The van der Waals surface area contributed by atoms with Crippen molar-refractivity contribution < 1.29 is 23.8 Å². The van der Waals surface area contributed by atoms with Crippen LogP contribution in [0.4, 0.5) is 0 Å². The van der Waals surface area contributed by atoms with Gasteiger partial charge in [-0.15, -0.1) is 0 Å². The molecular formula is C16H21NO5. The van der Waals surface area contributed by atoms with Gasteiger partial charge in [-0.2, -0.15) is 0 Å². The molecule has 0 saturated carbocycles. The Morgan fingerprint density at radius 1 is 1.32 bits per heavy atom. The molecule has 0 N–H and O–H groups in total. The van der Waals surface area contributed by atoms with Gasteiger partial charge in [0.15, 0.2) is 12.4 Å². The van der Waals surface area contributed by atoms with Crippen LogP contribution in [0, 0.1) is 0 Å². The maximum Gasteiger partial charge on any atom is 0.261 e. The smallest absolute Gasteiger partial charge is 0.261 e. The highest BCUT2D eigenvalue weighted by Crippen LogP contribution is 2.27. The molecule has 22 heavy (non-hydrogen) atoms. The van der Waals surface area contributed by atoms with E-state index in [1.165, 1.54) is 12.0 Å². The number of methoxy groups -OCH3 is 1.